The summed E-state index contributed by atoms with van der Waals surface area (Å²) >= 11 is 0. The van der Waals surface area contributed by atoms with Crippen molar-refractivity contribution in [3.05, 3.63) is 59.2 Å². The molecule has 0 unspecified atom stereocenters. The molecule has 0 aromatic heterocycles. The maximum Gasteiger partial charge on any atom is 0.216 e. The normalized spacial score (nSPS) is 11.6. The van der Waals surface area contributed by atoms with E-state index >= 15 is 0 Å². The monoisotopic (exact) mass is 392 g/mol. The summed E-state index contributed by atoms with van der Waals surface area (Å²) in [4.78, 5) is 0. The van der Waals surface area contributed by atoms with E-state index in [0.717, 1.165) is 28.2 Å². The fourth-order valence-electron chi connectivity index (χ4n) is 2.71. The number of nitrogens with one attached hydrogen (secondary N) is 2. The van der Waals surface area contributed by atoms with Gasteiger partial charge >= 0.3 is 0 Å². The highest BCUT2D eigenvalue weighted by molar-refractivity contribution is 7.88. The fourth-order valence-corrected chi connectivity index (χ4v) is 4.15. The Morgan fingerprint density at radius 3 is 2.19 bits per heavy atom. The van der Waals surface area contributed by atoms with E-state index in [1.165, 1.54) is 0 Å². The minimum Gasteiger partial charge on any atom is -0.497 e. The molecule has 0 amide bonds. The number of hydrogen-bond acceptors (Lipinski definition) is 5. The highest BCUT2D eigenvalue weighted by Gasteiger charge is 2.12. The lowest BCUT2D eigenvalue weighted by Gasteiger charge is -2.12. The number of ether oxygens (including phenoxy) is 2. The van der Waals surface area contributed by atoms with E-state index in [-0.39, 0.29) is 11.8 Å². The van der Waals surface area contributed by atoms with Crippen LogP contribution in [0.1, 0.15) is 30.5 Å². The quantitative estimate of drug-likeness (QED) is 0.650. The molecule has 148 valence electrons. The second-order valence-electron chi connectivity index (χ2n) is 6.63. The van der Waals surface area contributed by atoms with E-state index in [0.29, 0.717) is 13.1 Å². The summed E-state index contributed by atoms with van der Waals surface area (Å²) in [7, 11) is -0.0394. The van der Waals surface area contributed by atoms with Gasteiger partial charge < -0.3 is 14.8 Å². The second kappa shape index (κ2) is 9.73. The molecule has 0 aliphatic rings. The molecular formula is C20H28N2O4S. The Hall–Kier alpha value is -2.09. The summed E-state index contributed by atoms with van der Waals surface area (Å²) in [5.74, 6) is 1.52. The van der Waals surface area contributed by atoms with Gasteiger partial charge in [-0.3, -0.25) is 0 Å². The Morgan fingerprint density at radius 2 is 1.59 bits per heavy atom. The molecule has 0 saturated heterocycles. The third kappa shape index (κ3) is 6.86. The van der Waals surface area contributed by atoms with Crippen LogP contribution < -0.4 is 19.5 Å². The van der Waals surface area contributed by atoms with Crippen LogP contribution in [-0.2, 0) is 28.9 Å². The Morgan fingerprint density at radius 1 is 0.926 bits per heavy atom. The minimum atomic E-state index is -3.30. The van der Waals surface area contributed by atoms with Gasteiger partial charge in [0.05, 0.1) is 20.0 Å². The van der Waals surface area contributed by atoms with Crippen LogP contribution in [0.15, 0.2) is 42.5 Å². The van der Waals surface area contributed by atoms with E-state index in [1.54, 1.807) is 14.2 Å². The van der Waals surface area contributed by atoms with Crippen LogP contribution in [0.5, 0.6) is 11.5 Å². The van der Waals surface area contributed by atoms with Crippen molar-refractivity contribution >= 4 is 10.0 Å². The molecule has 0 bridgehead atoms. The van der Waals surface area contributed by atoms with Crippen molar-refractivity contribution in [1.82, 2.24) is 10.0 Å². The lowest BCUT2D eigenvalue weighted by Crippen LogP contribution is -2.31. The van der Waals surface area contributed by atoms with E-state index in [1.807, 2.05) is 56.3 Å². The summed E-state index contributed by atoms with van der Waals surface area (Å²) in [6.45, 7) is 4.95. The van der Waals surface area contributed by atoms with Crippen LogP contribution in [0.4, 0.5) is 0 Å². The first-order valence-corrected chi connectivity index (χ1v) is 10.5. The van der Waals surface area contributed by atoms with Crippen LogP contribution in [-0.4, -0.2) is 28.7 Å². The summed E-state index contributed by atoms with van der Waals surface area (Å²) in [6.07, 6.45) is 0. The van der Waals surface area contributed by atoms with Crippen molar-refractivity contribution in [3.63, 3.8) is 0 Å². The Bertz CT molecular complexity index is 834. The molecule has 0 radical (unpaired) electrons. The topological polar surface area (TPSA) is 76.7 Å². The first-order chi connectivity index (χ1) is 12.8. The van der Waals surface area contributed by atoms with Crippen LogP contribution in [0.2, 0.25) is 0 Å². The number of benzene rings is 2. The summed E-state index contributed by atoms with van der Waals surface area (Å²) in [6, 6.07) is 13.2. The third-order valence-corrected chi connectivity index (χ3v) is 5.48. The first kappa shape index (κ1) is 21.2. The van der Waals surface area contributed by atoms with Gasteiger partial charge in [0.2, 0.25) is 10.0 Å². The summed E-state index contributed by atoms with van der Waals surface area (Å²) in [5.41, 5.74) is 2.89. The highest BCUT2D eigenvalue weighted by atomic mass is 32.2. The van der Waals surface area contributed by atoms with Crippen molar-refractivity contribution in [3.8, 4) is 11.5 Å². The molecule has 0 spiro atoms. The molecule has 0 saturated carbocycles. The Labute approximate surface area is 161 Å². The minimum absolute atomic E-state index is 0.0120. The Kier molecular flexibility index (Phi) is 7.65. The van der Waals surface area contributed by atoms with E-state index in [4.69, 9.17) is 9.47 Å². The number of hydrogen-bond donors (Lipinski definition) is 2. The van der Waals surface area contributed by atoms with Gasteiger partial charge in [-0.2, -0.15) is 0 Å². The molecule has 0 aliphatic heterocycles. The fraction of sp³-hybridized carbons (Fsp3) is 0.400. The predicted octanol–water partition coefficient (Wildman–Crippen LogP) is 2.82. The maximum atomic E-state index is 12.0. The van der Waals surface area contributed by atoms with E-state index in [2.05, 4.69) is 10.0 Å². The largest absolute Gasteiger partial charge is 0.497 e. The van der Waals surface area contributed by atoms with Crippen molar-refractivity contribution < 1.29 is 17.9 Å². The van der Waals surface area contributed by atoms with Gasteiger partial charge in [-0.15, -0.1) is 0 Å². The average molecular weight is 393 g/mol. The predicted molar refractivity (Wildman–Crippen MR) is 107 cm³/mol. The van der Waals surface area contributed by atoms with Crippen LogP contribution in [0.25, 0.3) is 0 Å². The van der Waals surface area contributed by atoms with Gasteiger partial charge in [-0.1, -0.05) is 30.3 Å². The van der Waals surface area contributed by atoms with Gasteiger partial charge in [0.1, 0.15) is 11.5 Å². The molecule has 0 heterocycles. The third-order valence-electron chi connectivity index (χ3n) is 3.93. The van der Waals surface area contributed by atoms with Gasteiger partial charge in [-0.25, -0.2) is 13.1 Å². The van der Waals surface area contributed by atoms with Crippen molar-refractivity contribution in [1.29, 1.82) is 0 Å². The van der Waals surface area contributed by atoms with Gasteiger partial charge in [0.25, 0.3) is 0 Å². The number of rotatable bonds is 10. The van der Waals surface area contributed by atoms with Crippen molar-refractivity contribution in [2.75, 3.05) is 14.2 Å². The lowest BCUT2D eigenvalue weighted by molar-refractivity contribution is 0.390. The summed E-state index contributed by atoms with van der Waals surface area (Å²) in [5, 5.41) is 3.37. The lowest BCUT2D eigenvalue weighted by atomic mass is 10.1. The molecule has 27 heavy (non-hydrogen) atoms. The molecular weight excluding hydrogens is 364 g/mol. The molecule has 7 heteroatoms. The highest BCUT2D eigenvalue weighted by Crippen LogP contribution is 2.24. The molecule has 0 fully saturated rings. The molecule has 2 rings (SSSR count). The molecule has 2 N–H and O–H groups in total. The molecule has 6 nitrogen and oxygen atoms in total. The van der Waals surface area contributed by atoms with Crippen LogP contribution >= 0.6 is 0 Å². The van der Waals surface area contributed by atoms with Crippen molar-refractivity contribution in [2.45, 2.75) is 38.7 Å². The molecule has 2 aromatic carbocycles. The zero-order valence-corrected chi connectivity index (χ0v) is 17.1. The second-order valence-corrected chi connectivity index (χ2v) is 8.38. The number of sulfonamides is 1. The van der Waals surface area contributed by atoms with Crippen LogP contribution in [0.3, 0.4) is 0 Å². The summed E-state index contributed by atoms with van der Waals surface area (Å²) < 4.78 is 37.2. The SMILES string of the molecule is COc1ccc(CNCc2ccc(CS(=O)(=O)NC(C)C)cc2)c(OC)c1. The van der Waals surface area contributed by atoms with Crippen molar-refractivity contribution in [2.24, 2.45) is 0 Å². The van der Waals surface area contributed by atoms with Gasteiger partial charge in [0, 0.05) is 30.8 Å². The van der Waals surface area contributed by atoms with E-state index < -0.39 is 10.0 Å². The molecule has 2 aromatic rings. The molecule has 0 aliphatic carbocycles. The molecule has 0 atom stereocenters. The average Bonchev–Trinajstić information content (AvgIpc) is 2.62. The van der Waals surface area contributed by atoms with E-state index in [9.17, 15) is 8.42 Å². The maximum absolute atomic E-state index is 12.0. The van der Waals surface area contributed by atoms with Gasteiger partial charge in [0.15, 0.2) is 0 Å². The first-order valence-electron chi connectivity index (χ1n) is 8.82. The smallest absolute Gasteiger partial charge is 0.216 e. The zero-order valence-electron chi connectivity index (χ0n) is 16.3. The Balaban J connectivity index is 1.90. The number of methoxy groups -OCH3 is 2. The van der Waals surface area contributed by atoms with Crippen LogP contribution in [0, 0.1) is 0 Å². The standard InChI is InChI=1S/C20H28N2O4S/c1-15(2)22-27(23,24)14-17-7-5-16(6-8-17)12-21-13-18-9-10-19(25-3)11-20(18)26-4/h5-11,15,21-22H,12-14H2,1-4H3. The zero-order chi connectivity index (χ0) is 19.9. The van der Waals surface area contributed by atoms with Gasteiger partial charge in [-0.05, 0) is 31.0 Å².